The number of unbranched alkanes of at least 4 members (excludes halogenated alkanes) is 1. The van der Waals surface area contributed by atoms with E-state index in [0.29, 0.717) is 6.04 Å². The van der Waals surface area contributed by atoms with Crippen LogP contribution in [0.15, 0.2) is 30.3 Å². The molecule has 1 unspecified atom stereocenters. The van der Waals surface area contributed by atoms with Crippen molar-refractivity contribution in [2.45, 2.75) is 38.1 Å². The summed E-state index contributed by atoms with van der Waals surface area (Å²) in [5, 5.41) is 0. The average molecular weight is 399 g/mol. The minimum atomic E-state index is 0.277. The molecule has 0 amide bonds. The number of nitrogens with zero attached hydrogens (tertiary/aromatic N) is 1. The van der Waals surface area contributed by atoms with E-state index in [4.69, 9.17) is 18.9 Å². The predicted molar refractivity (Wildman–Crippen MR) is 113 cm³/mol. The average Bonchev–Trinajstić information content (AvgIpc) is 3.19. The molecule has 0 saturated carbocycles. The van der Waals surface area contributed by atoms with Crippen LogP contribution in [0.25, 0.3) is 0 Å². The lowest BCUT2D eigenvalue weighted by atomic mass is 9.86. The molecule has 2 aliphatic heterocycles. The highest BCUT2D eigenvalue weighted by Gasteiger charge is 2.40. The normalized spacial score (nSPS) is 19.0. The summed E-state index contributed by atoms with van der Waals surface area (Å²) in [6, 6.07) is 11.0. The number of rotatable bonds is 7. The van der Waals surface area contributed by atoms with E-state index in [9.17, 15) is 0 Å². The Balaban J connectivity index is 1.49. The van der Waals surface area contributed by atoms with E-state index in [1.807, 2.05) is 12.1 Å². The van der Waals surface area contributed by atoms with Crippen molar-refractivity contribution in [3.63, 3.8) is 0 Å². The second-order valence-electron chi connectivity index (χ2n) is 8.58. The van der Waals surface area contributed by atoms with Crippen molar-refractivity contribution >= 4 is 0 Å². The first kappa shape index (κ1) is 19.9. The topological polar surface area (TPSA) is 36.9 Å². The summed E-state index contributed by atoms with van der Waals surface area (Å²) in [6.45, 7) is 1.40. The molecular formula is C24H32NO4+. The molecule has 2 aromatic carbocycles. The molecule has 0 aliphatic carbocycles. The number of benzene rings is 2. The number of quaternary nitrogens is 1. The van der Waals surface area contributed by atoms with Crippen LogP contribution in [-0.2, 0) is 12.8 Å². The molecule has 29 heavy (non-hydrogen) atoms. The molecule has 0 aromatic heterocycles. The predicted octanol–water partition coefficient (Wildman–Crippen LogP) is 4.52. The zero-order valence-electron chi connectivity index (χ0n) is 18.0. The van der Waals surface area contributed by atoms with E-state index < -0.39 is 0 Å². The molecule has 5 nitrogen and oxygen atoms in total. The zero-order chi connectivity index (χ0) is 20.4. The van der Waals surface area contributed by atoms with Crippen molar-refractivity contribution in [2.75, 3.05) is 41.7 Å². The molecule has 0 spiro atoms. The van der Waals surface area contributed by atoms with Gasteiger partial charge in [0.15, 0.2) is 11.5 Å². The molecule has 0 bridgehead atoms. The van der Waals surface area contributed by atoms with Gasteiger partial charge in [-0.1, -0.05) is 12.1 Å². The lowest BCUT2D eigenvalue weighted by Crippen LogP contribution is -2.48. The number of methoxy groups -OCH3 is 2. The minimum absolute atomic E-state index is 0.277. The third-order valence-corrected chi connectivity index (χ3v) is 6.43. The van der Waals surface area contributed by atoms with Crippen LogP contribution in [0.5, 0.6) is 23.0 Å². The largest absolute Gasteiger partial charge is 0.497 e. The van der Waals surface area contributed by atoms with Gasteiger partial charge in [-0.15, -0.1) is 0 Å². The number of likely N-dealkylation sites (N-methyl/N-ethyl adjacent to an activating group) is 1. The monoisotopic (exact) mass is 398 g/mol. The van der Waals surface area contributed by atoms with Gasteiger partial charge in [0.1, 0.15) is 11.8 Å². The Morgan fingerprint density at radius 2 is 1.83 bits per heavy atom. The highest BCUT2D eigenvalue weighted by Crippen LogP contribution is 2.51. The van der Waals surface area contributed by atoms with E-state index in [1.54, 1.807) is 14.2 Å². The van der Waals surface area contributed by atoms with Crippen molar-refractivity contribution in [1.29, 1.82) is 0 Å². The Morgan fingerprint density at radius 1 is 1.03 bits per heavy atom. The van der Waals surface area contributed by atoms with Crippen LogP contribution >= 0.6 is 0 Å². The van der Waals surface area contributed by atoms with Gasteiger partial charge >= 0.3 is 0 Å². The van der Waals surface area contributed by atoms with Crippen molar-refractivity contribution in [3.8, 4) is 23.0 Å². The summed E-state index contributed by atoms with van der Waals surface area (Å²) in [5.41, 5.74) is 4.03. The molecule has 4 rings (SSSR count). The fraction of sp³-hybridized carbons (Fsp3) is 0.500. The van der Waals surface area contributed by atoms with Crippen LogP contribution in [-0.4, -0.2) is 46.1 Å². The molecule has 156 valence electrons. The quantitative estimate of drug-likeness (QED) is 0.508. The fourth-order valence-corrected chi connectivity index (χ4v) is 4.72. The lowest BCUT2D eigenvalue weighted by molar-refractivity contribution is -0.923. The molecule has 2 heterocycles. The molecule has 0 saturated heterocycles. The molecule has 2 aliphatic rings. The van der Waals surface area contributed by atoms with Gasteiger partial charge in [0.25, 0.3) is 0 Å². The summed E-state index contributed by atoms with van der Waals surface area (Å²) in [7, 11) is 8.12. The summed E-state index contributed by atoms with van der Waals surface area (Å²) < 4.78 is 23.5. The smallest absolute Gasteiger partial charge is 0.231 e. The van der Waals surface area contributed by atoms with Gasteiger partial charge in [-0.2, -0.15) is 0 Å². The summed E-state index contributed by atoms with van der Waals surface area (Å²) in [6.07, 6.45) is 5.61. The zero-order valence-corrected chi connectivity index (χ0v) is 18.0. The maximum atomic E-state index is 5.85. The SMILES string of the molecule is COc1ccc(CCCCC2c3c(cc4c(c3OC)OCO4)CC[N+]2(C)C)cc1. The molecule has 0 radical (unpaired) electrons. The van der Waals surface area contributed by atoms with Crippen molar-refractivity contribution in [3.05, 3.63) is 47.0 Å². The summed E-state index contributed by atoms with van der Waals surface area (Å²) in [5.74, 6) is 3.39. The lowest BCUT2D eigenvalue weighted by Gasteiger charge is -2.43. The second kappa shape index (κ2) is 8.15. The Hall–Kier alpha value is -2.40. The standard InChI is InChI=1S/C24H32NO4/c1-25(2)14-13-18-15-21-23(29-16-28-21)24(27-4)22(18)20(25)8-6-5-7-17-9-11-19(26-3)12-10-17/h9-12,15,20H,5-8,13-14,16H2,1-4H3/q+1. The van der Waals surface area contributed by atoms with Crippen molar-refractivity contribution in [2.24, 2.45) is 0 Å². The molecule has 0 fully saturated rings. The van der Waals surface area contributed by atoms with Crippen LogP contribution in [0.3, 0.4) is 0 Å². The number of aryl methyl sites for hydroxylation is 1. The Bertz CT molecular complexity index is 860. The first-order valence-corrected chi connectivity index (χ1v) is 10.5. The Labute approximate surface area is 173 Å². The fourth-order valence-electron chi connectivity index (χ4n) is 4.72. The maximum Gasteiger partial charge on any atom is 0.231 e. The van der Waals surface area contributed by atoms with Crippen LogP contribution in [0.1, 0.15) is 42.0 Å². The number of ether oxygens (including phenoxy) is 4. The van der Waals surface area contributed by atoms with Crippen molar-refractivity contribution < 1.29 is 23.4 Å². The maximum absolute atomic E-state index is 5.85. The summed E-state index contributed by atoms with van der Waals surface area (Å²) >= 11 is 0. The number of fused-ring (bicyclic) bond motifs is 2. The Morgan fingerprint density at radius 3 is 2.55 bits per heavy atom. The van der Waals surface area contributed by atoms with Gasteiger partial charge < -0.3 is 23.4 Å². The van der Waals surface area contributed by atoms with Gasteiger partial charge in [-0.25, -0.2) is 0 Å². The third-order valence-electron chi connectivity index (χ3n) is 6.43. The van der Waals surface area contributed by atoms with Gasteiger partial charge in [-0.3, -0.25) is 0 Å². The molecule has 0 N–H and O–H groups in total. The molecular weight excluding hydrogens is 366 g/mol. The van der Waals surface area contributed by atoms with E-state index in [-0.39, 0.29) is 6.79 Å². The summed E-state index contributed by atoms with van der Waals surface area (Å²) in [4.78, 5) is 0. The van der Waals surface area contributed by atoms with E-state index in [2.05, 4.69) is 32.3 Å². The number of hydrogen-bond donors (Lipinski definition) is 0. The van der Waals surface area contributed by atoms with Gasteiger partial charge in [-0.05, 0) is 48.6 Å². The molecule has 1 atom stereocenters. The van der Waals surface area contributed by atoms with E-state index >= 15 is 0 Å². The van der Waals surface area contributed by atoms with Gasteiger partial charge in [0, 0.05) is 12.8 Å². The molecule has 5 heteroatoms. The second-order valence-corrected chi connectivity index (χ2v) is 8.58. The molecule has 2 aromatic rings. The van der Waals surface area contributed by atoms with Gasteiger partial charge in [0.2, 0.25) is 12.5 Å². The van der Waals surface area contributed by atoms with Crippen LogP contribution in [0.4, 0.5) is 0 Å². The van der Waals surface area contributed by atoms with Gasteiger partial charge in [0.05, 0.1) is 40.4 Å². The van der Waals surface area contributed by atoms with E-state index in [1.165, 1.54) is 29.5 Å². The highest BCUT2D eigenvalue weighted by atomic mass is 16.7. The number of hydrogen-bond acceptors (Lipinski definition) is 4. The first-order valence-electron chi connectivity index (χ1n) is 10.5. The van der Waals surface area contributed by atoms with Crippen LogP contribution in [0.2, 0.25) is 0 Å². The highest BCUT2D eigenvalue weighted by molar-refractivity contribution is 5.61. The minimum Gasteiger partial charge on any atom is -0.497 e. The van der Waals surface area contributed by atoms with Crippen molar-refractivity contribution in [1.82, 2.24) is 0 Å². The Kier molecular flexibility index (Phi) is 5.59. The van der Waals surface area contributed by atoms with Crippen LogP contribution in [0, 0.1) is 0 Å². The van der Waals surface area contributed by atoms with E-state index in [0.717, 1.165) is 53.3 Å². The van der Waals surface area contributed by atoms with Crippen LogP contribution < -0.4 is 18.9 Å². The first-order chi connectivity index (χ1) is 14.0. The third kappa shape index (κ3) is 3.88.